The molecule has 0 spiro atoms. The van der Waals surface area contributed by atoms with E-state index in [9.17, 15) is 13.2 Å². The maximum atomic E-state index is 11.9. The molecule has 1 amide bonds. The molecule has 0 aromatic carbocycles. The summed E-state index contributed by atoms with van der Waals surface area (Å²) in [5.74, 6) is 1.18. The van der Waals surface area contributed by atoms with Crippen LogP contribution in [0, 0.1) is 6.92 Å². The molecule has 0 bridgehead atoms. The number of rotatable bonds is 4. The number of sulfone groups is 1. The molecule has 112 valence electrons. The number of carbonyl (C=O) groups is 1. The van der Waals surface area contributed by atoms with Crippen LogP contribution in [0.5, 0.6) is 0 Å². The van der Waals surface area contributed by atoms with E-state index in [1.165, 1.54) is 0 Å². The third-order valence-corrected chi connectivity index (χ3v) is 4.37. The fourth-order valence-electron chi connectivity index (χ4n) is 2.28. The first-order valence-corrected chi connectivity index (χ1v) is 8.67. The number of aromatic nitrogens is 2. The van der Waals surface area contributed by atoms with Gasteiger partial charge in [-0.3, -0.25) is 4.79 Å². The number of hydrogen-bond acceptors (Lipinski definition) is 6. The number of piperidine rings is 1. The SMILES string of the molecule is Cc1nnc(C2CCN(C(=O)CCS(C)(=O)=O)CC2)o1. The lowest BCUT2D eigenvalue weighted by atomic mass is 9.96. The van der Waals surface area contributed by atoms with Crippen molar-refractivity contribution in [2.24, 2.45) is 0 Å². The van der Waals surface area contributed by atoms with Crippen LogP contribution in [0.2, 0.25) is 0 Å². The van der Waals surface area contributed by atoms with Gasteiger partial charge in [-0.05, 0) is 12.8 Å². The molecular weight excluding hydrogens is 282 g/mol. The fourth-order valence-corrected chi connectivity index (χ4v) is 2.83. The normalized spacial score (nSPS) is 17.4. The lowest BCUT2D eigenvalue weighted by Crippen LogP contribution is -2.38. The molecule has 1 aromatic rings. The first kappa shape index (κ1) is 15.0. The highest BCUT2D eigenvalue weighted by atomic mass is 32.2. The van der Waals surface area contributed by atoms with Gasteiger partial charge in [0.2, 0.25) is 17.7 Å². The summed E-state index contributed by atoms with van der Waals surface area (Å²) >= 11 is 0. The molecule has 0 atom stereocenters. The molecule has 0 aliphatic carbocycles. The van der Waals surface area contributed by atoms with Crippen molar-refractivity contribution >= 4 is 15.7 Å². The van der Waals surface area contributed by atoms with Crippen LogP contribution in [-0.2, 0) is 14.6 Å². The van der Waals surface area contributed by atoms with Gasteiger partial charge in [0.1, 0.15) is 9.84 Å². The minimum absolute atomic E-state index is 0.0587. The zero-order chi connectivity index (χ0) is 14.8. The molecule has 0 N–H and O–H groups in total. The first-order valence-electron chi connectivity index (χ1n) is 6.60. The number of likely N-dealkylation sites (tertiary alicyclic amines) is 1. The Hall–Kier alpha value is -1.44. The van der Waals surface area contributed by atoms with Gasteiger partial charge in [-0.1, -0.05) is 0 Å². The fraction of sp³-hybridized carbons (Fsp3) is 0.750. The Morgan fingerprint density at radius 3 is 2.50 bits per heavy atom. The van der Waals surface area contributed by atoms with Gasteiger partial charge < -0.3 is 9.32 Å². The highest BCUT2D eigenvalue weighted by Crippen LogP contribution is 2.27. The lowest BCUT2D eigenvalue weighted by molar-refractivity contribution is -0.131. The minimum atomic E-state index is -3.09. The van der Waals surface area contributed by atoms with Crippen molar-refractivity contribution in [3.63, 3.8) is 0 Å². The molecule has 1 aliphatic rings. The van der Waals surface area contributed by atoms with Gasteiger partial charge in [0, 0.05) is 38.6 Å². The number of amides is 1. The predicted molar refractivity (Wildman–Crippen MR) is 71.9 cm³/mol. The van der Waals surface area contributed by atoms with Crippen LogP contribution in [0.15, 0.2) is 4.42 Å². The molecule has 7 nitrogen and oxygen atoms in total. The second-order valence-electron chi connectivity index (χ2n) is 5.19. The number of nitrogens with zero attached hydrogens (tertiary/aromatic N) is 3. The Morgan fingerprint density at radius 1 is 1.35 bits per heavy atom. The molecule has 2 heterocycles. The summed E-state index contributed by atoms with van der Waals surface area (Å²) in [4.78, 5) is 13.6. The molecule has 0 unspecified atom stereocenters. The largest absolute Gasteiger partial charge is 0.425 e. The van der Waals surface area contributed by atoms with E-state index >= 15 is 0 Å². The zero-order valence-electron chi connectivity index (χ0n) is 11.7. The number of aryl methyl sites for hydroxylation is 1. The summed E-state index contributed by atoms with van der Waals surface area (Å²) in [7, 11) is -3.09. The van der Waals surface area contributed by atoms with Crippen molar-refractivity contribution in [3.05, 3.63) is 11.8 Å². The van der Waals surface area contributed by atoms with Crippen molar-refractivity contribution in [1.29, 1.82) is 0 Å². The number of hydrogen-bond donors (Lipinski definition) is 0. The Bertz CT molecular complexity index is 573. The summed E-state index contributed by atoms with van der Waals surface area (Å²) in [6.07, 6.45) is 2.74. The topological polar surface area (TPSA) is 93.4 Å². The van der Waals surface area contributed by atoms with Crippen molar-refractivity contribution in [3.8, 4) is 0 Å². The second-order valence-corrected chi connectivity index (χ2v) is 7.45. The second kappa shape index (κ2) is 5.90. The third-order valence-electron chi connectivity index (χ3n) is 3.43. The van der Waals surface area contributed by atoms with Gasteiger partial charge in [-0.2, -0.15) is 0 Å². The van der Waals surface area contributed by atoms with Crippen LogP contribution in [0.25, 0.3) is 0 Å². The van der Waals surface area contributed by atoms with E-state index in [0.717, 1.165) is 19.1 Å². The van der Waals surface area contributed by atoms with Crippen molar-refractivity contribution in [2.45, 2.75) is 32.1 Å². The Kier molecular flexibility index (Phi) is 4.42. The molecule has 1 aromatic heterocycles. The Morgan fingerprint density at radius 2 is 2.00 bits per heavy atom. The molecule has 1 saturated heterocycles. The summed E-state index contributed by atoms with van der Waals surface area (Å²) in [6, 6.07) is 0. The summed E-state index contributed by atoms with van der Waals surface area (Å²) in [5.41, 5.74) is 0. The van der Waals surface area contributed by atoms with Crippen LogP contribution in [0.4, 0.5) is 0 Å². The predicted octanol–water partition coefficient (Wildman–Crippen LogP) is 0.519. The summed E-state index contributed by atoms with van der Waals surface area (Å²) in [5, 5.41) is 7.82. The summed E-state index contributed by atoms with van der Waals surface area (Å²) in [6.45, 7) is 2.96. The van der Waals surface area contributed by atoms with Crippen molar-refractivity contribution in [1.82, 2.24) is 15.1 Å². The standard InChI is InChI=1S/C12H19N3O4S/c1-9-13-14-12(19-9)10-3-6-15(7-4-10)11(16)5-8-20(2,17)18/h10H,3-8H2,1-2H3. The van der Waals surface area contributed by atoms with E-state index in [0.29, 0.717) is 24.9 Å². The molecule has 1 fully saturated rings. The molecule has 8 heteroatoms. The van der Waals surface area contributed by atoms with Gasteiger partial charge in [-0.25, -0.2) is 8.42 Å². The molecule has 0 radical (unpaired) electrons. The monoisotopic (exact) mass is 301 g/mol. The Balaban J connectivity index is 1.83. The van der Waals surface area contributed by atoms with Crippen molar-refractivity contribution in [2.75, 3.05) is 25.1 Å². The van der Waals surface area contributed by atoms with E-state index in [1.807, 2.05) is 0 Å². The van der Waals surface area contributed by atoms with Gasteiger partial charge in [-0.15, -0.1) is 10.2 Å². The average molecular weight is 301 g/mol. The van der Waals surface area contributed by atoms with E-state index in [4.69, 9.17) is 4.42 Å². The third kappa shape index (κ3) is 4.03. The van der Waals surface area contributed by atoms with Crippen LogP contribution in [0.1, 0.15) is 37.0 Å². The molecule has 0 saturated carbocycles. The maximum absolute atomic E-state index is 11.9. The number of carbonyl (C=O) groups excluding carboxylic acids is 1. The zero-order valence-corrected chi connectivity index (χ0v) is 12.5. The molecular formula is C12H19N3O4S. The van der Waals surface area contributed by atoms with E-state index < -0.39 is 9.84 Å². The van der Waals surface area contributed by atoms with Crippen molar-refractivity contribution < 1.29 is 17.6 Å². The van der Waals surface area contributed by atoms with Crippen LogP contribution >= 0.6 is 0 Å². The van der Waals surface area contributed by atoms with E-state index in [1.54, 1.807) is 11.8 Å². The van der Waals surface area contributed by atoms with Gasteiger partial charge in [0.25, 0.3) is 0 Å². The highest BCUT2D eigenvalue weighted by molar-refractivity contribution is 7.90. The van der Waals surface area contributed by atoms with Crippen LogP contribution in [0.3, 0.4) is 0 Å². The molecule has 20 heavy (non-hydrogen) atoms. The van der Waals surface area contributed by atoms with E-state index in [2.05, 4.69) is 10.2 Å². The lowest BCUT2D eigenvalue weighted by Gasteiger charge is -2.30. The smallest absolute Gasteiger partial charge is 0.223 e. The highest BCUT2D eigenvalue weighted by Gasteiger charge is 2.27. The summed E-state index contributed by atoms with van der Waals surface area (Å²) < 4.78 is 27.5. The molecule has 2 rings (SSSR count). The van der Waals surface area contributed by atoms with E-state index in [-0.39, 0.29) is 24.0 Å². The Labute approximate surface area is 118 Å². The van der Waals surface area contributed by atoms with Gasteiger partial charge in [0.05, 0.1) is 5.75 Å². The van der Waals surface area contributed by atoms with Gasteiger partial charge in [0.15, 0.2) is 0 Å². The molecule has 1 aliphatic heterocycles. The first-order chi connectivity index (χ1) is 9.35. The van der Waals surface area contributed by atoms with Gasteiger partial charge >= 0.3 is 0 Å². The van der Waals surface area contributed by atoms with Crippen LogP contribution in [-0.4, -0.2) is 54.5 Å². The minimum Gasteiger partial charge on any atom is -0.425 e. The van der Waals surface area contributed by atoms with Crippen LogP contribution < -0.4 is 0 Å². The maximum Gasteiger partial charge on any atom is 0.223 e. The quantitative estimate of drug-likeness (QED) is 0.805. The average Bonchev–Trinajstić information content (AvgIpc) is 2.82.